The van der Waals surface area contributed by atoms with Gasteiger partial charge < -0.3 is 5.32 Å². The Morgan fingerprint density at radius 3 is 2.76 bits per heavy atom. The monoisotopic (exact) mass is 249 g/mol. The normalized spacial score (nSPS) is 11.5. The van der Waals surface area contributed by atoms with Crippen LogP contribution in [0.15, 0.2) is 23.6 Å². The maximum Gasteiger partial charge on any atom is 0.266 e. The highest BCUT2D eigenvalue weighted by atomic mass is 32.1. The lowest BCUT2D eigenvalue weighted by Gasteiger charge is -2.14. The predicted octanol–water partition coefficient (Wildman–Crippen LogP) is 3.02. The van der Waals surface area contributed by atoms with Crippen LogP contribution in [0.1, 0.15) is 36.1 Å². The lowest BCUT2D eigenvalue weighted by Crippen LogP contribution is -2.11. The molecule has 17 heavy (non-hydrogen) atoms. The Labute approximate surface area is 104 Å². The minimum atomic E-state index is -0.119. The van der Waals surface area contributed by atoms with Crippen LogP contribution in [0.4, 0.5) is 5.82 Å². The Balaban J connectivity index is 2.10. The van der Waals surface area contributed by atoms with Gasteiger partial charge in [0.1, 0.15) is 0 Å². The van der Waals surface area contributed by atoms with Crippen LogP contribution in [-0.2, 0) is 5.41 Å². The third-order valence-corrected chi connectivity index (χ3v) is 3.24. The third kappa shape index (κ3) is 2.74. The number of aromatic nitrogens is 2. The van der Waals surface area contributed by atoms with Crippen molar-refractivity contribution in [2.75, 3.05) is 5.32 Å². The summed E-state index contributed by atoms with van der Waals surface area (Å²) in [4.78, 5) is 12.5. The minimum absolute atomic E-state index is 0.00108. The molecule has 0 aromatic carbocycles. The zero-order chi connectivity index (χ0) is 12.5. The highest BCUT2D eigenvalue weighted by molar-refractivity contribution is 7.12. The van der Waals surface area contributed by atoms with Crippen LogP contribution in [0.5, 0.6) is 0 Å². The quantitative estimate of drug-likeness (QED) is 0.859. The van der Waals surface area contributed by atoms with Crippen molar-refractivity contribution >= 4 is 23.1 Å². The van der Waals surface area contributed by atoms with E-state index in [1.807, 2.05) is 17.5 Å². The van der Waals surface area contributed by atoms with E-state index in [0.29, 0.717) is 10.7 Å². The Bertz CT molecular complexity index is 508. The van der Waals surface area contributed by atoms with Crippen molar-refractivity contribution in [1.82, 2.24) is 10.2 Å². The fourth-order valence-electron chi connectivity index (χ4n) is 1.36. The highest BCUT2D eigenvalue weighted by Crippen LogP contribution is 2.22. The lowest BCUT2D eigenvalue weighted by molar-refractivity contribution is 0.103. The zero-order valence-corrected chi connectivity index (χ0v) is 10.9. The minimum Gasteiger partial charge on any atom is -0.304 e. The Morgan fingerprint density at radius 1 is 1.47 bits per heavy atom. The first kappa shape index (κ1) is 11.9. The fraction of sp³-hybridized carbons (Fsp3) is 0.333. The van der Waals surface area contributed by atoms with E-state index in [0.717, 1.165) is 5.69 Å². The Kier molecular flexibility index (Phi) is 3.02. The van der Waals surface area contributed by atoms with Crippen molar-refractivity contribution < 1.29 is 4.79 Å². The van der Waals surface area contributed by atoms with Crippen molar-refractivity contribution in [1.29, 1.82) is 0 Å². The molecule has 2 heterocycles. The molecule has 1 amide bonds. The van der Waals surface area contributed by atoms with E-state index in [2.05, 4.69) is 36.3 Å². The number of nitrogens with one attached hydrogen (secondary N) is 2. The second kappa shape index (κ2) is 4.33. The van der Waals surface area contributed by atoms with Gasteiger partial charge in [0.25, 0.3) is 5.91 Å². The molecule has 0 bridgehead atoms. The molecule has 0 radical (unpaired) electrons. The van der Waals surface area contributed by atoms with E-state index in [-0.39, 0.29) is 11.3 Å². The van der Waals surface area contributed by atoms with Gasteiger partial charge in [0.15, 0.2) is 5.82 Å². The molecule has 2 aromatic rings. The van der Waals surface area contributed by atoms with Crippen LogP contribution < -0.4 is 5.32 Å². The average Bonchev–Trinajstić information content (AvgIpc) is 2.85. The molecule has 0 fully saturated rings. The smallest absolute Gasteiger partial charge is 0.266 e. The number of nitrogens with zero attached hydrogens (tertiary/aromatic N) is 1. The summed E-state index contributed by atoms with van der Waals surface area (Å²) < 4.78 is 0. The van der Waals surface area contributed by atoms with Crippen LogP contribution in [-0.4, -0.2) is 16.1 Å². The summed E-state index contributed by atoms with van der Waals surface area (Å²) in [7, 11) is 0. The third-order valence-electron chi connectivity index (χ3n) is 2.37. The van der Waals surface area contributed by atoms with E-state index in [1.54, 1.807) is 6.07 Å². The van der Waals surface area contributed by atoms with Crippen molar-refractivity contribution in [2.45, 2.75) is 26.2 Å². The van der Waals surface area contributed by atoms with Crippen LogP contribution in [0.2, 0.25) is 0 Å². The molecule has 0 unspecified atom stereocenters. The Morgan fingerprint density at radius 2 is 2.24 bits per heavy atom. The van der Waals surface area contributed by atoms with Gasteiger partial charge in [-0.2, -0.15) is 5.10 Å². The maximum atomic E-state index is 11.8. The number of carbonyl (C=O) groups is 1. The highest BCUT2D eigenvalue weighted by Gasteiger charge is 2.17. The molecular formula is C12H15N3OS. The van der Waals surface area contributed by atoms with Crippen molar-refractivity contribution in [3.05, 3.63) is 34.2 Å². The molecule has 4 nitrogen and oxygen atoms in total. The first-order chi connectivity index (χ1) is 7.97. The standard InChI is InChI=1S/C12H15N3OS/c1-12(2,3)9-7-10(15-14-9)13-11(16)8-5-4-6-17-8/h4-7H,1-3H3,(H2,13,14,15,16). The first-order valence-corrected chi connectivity index (χ1v) is 6.25. The van der Waals surface area contributed by atoms with Crippen LogP contribution in [0.25, 0.3) is 0 Å². The molecule has 2 aromatic heterocycles. The van der Waals surface area contributed by atoms with Crippen molar-refractivity contribution in [2.24, 2.45) is 0 Å². The molecule has 5 heteroatoms. The summed E-state index contributed by atoms with van der Waals surface area (Å²) in [6.45, 7) is 6.27. The SMILES string of the molecule is CC(C)(C)c1cc(NC(=O)c2cccs2)n[nH]1. The summed E-state index contributed by atoms with van der Waals surface area (Å²) in [5.74, 6) is 0.445. The van der Waals surface area contributed by atoms with E-state index >= 15 is 0 Å². The number of amides is 1. The molecule has 0 spiro atoms. The molecular weight excluding hydrogens is 234 g/mol. The number of anilines is 1. The summed E-state index contributed by atoms with van der Waals surface area (Å²) in [5, 5.41) is 11.7. The fourth-order valence-corrected chi connectivity index (χ4v) is 1.97. The number of hydrogen-bond donors (Lipinski definition) is 2. The molecule has 2 rings (SSSR count). The summed E-state index contributed by atoms with van der Waals surface area (Å²) in [6.07, 6.45) is 0. The van der Waals surface area contributed by atoms with Gasteiger partial charge in [-0.05, 0) is 11.4 Å². The van der Waals surface area contributed by atoms with Gasteiger partial charge in [-0.3, -0.25) is 9.89 Å². The zero-order valence-electron chi connectivity index (χ0n) is 10.1. The van der Waals surface area contributed by atoms with Gasteiger partial charge in [-0.15, -0.1) is 11.3 Å². The molecule has 2 N–H and O–H groups in total. The largest absolute Gasteiger partial charge is 0.304 e. The van der Waals surface area contributed by atoms with Gasteiger partial charge in [-0.25, -0.2) is 0 Å². The predicted molar refractivity (Wildman–Crippen MR) is 69.6 cm³/mol. The molecule has 0 atom stereocenters. The molecule has 90 valence electrons. The number of H-pyrrole nitrogens is 1. The number of carbonyl (C=O) groups excluding carboxylic acids is 1. The van der Waals surface area contributed by atoms with E-state index in [4.69, 9.17) is 0 Å². The summed E-state index contributed by atoms with van der Waals surface area (Å²) in [6, 6.07) is 5.51. The number of thiophene rings is 1. The average molecular weight is 249 g/mol. The number of rotatable bonds is 2. The van der Waals surface area contributed by atoms with Gasteiger partial charge in [0.2, 0.25) is 0 Å². The van der Waals surface area contributed by atoms with Gasteiger partial charge >= 0.3 is 0 Å². The Hall–Kier alpha value is -1.62. The molecule has 0 aliphatic heterocycles. The van der Waals surface area contributed by atoms with Gasteiger partial charge in [0.05, 0.1) is 4.88 Å². The van der Waals surface area contributed by atoms with Gasteiger partial charge in [-0.1, -0.05) is 26.8 Å². The van der Waals surface area contributed by atoms with E-state index in [1.165, 1.54) is 11.3 Å². The molecule has 0 aliphatic carbocycles. The number of aromatic amines is 1. The summed E-state index contributed by atoms with van der Waals surface area (Å²) in [5.41, 5.74) is 0.998. The topological polar surface area (TPSA) is 57.8 Å². The molecule has 0 saturated heterocycles. The second-order valence-electron chi connectivity index (χ2n) is 4.85. The van der Waals surface area contributed by atoms with E-state index in [9.17, 15) is 4.79 Å². The lowest BCUT2D eigenvalue weighted by atomic mass is 9.92. The second-order valence-corrected chi connectivity index (χ2v) is 5.80. The van der Waals surface area contributed by atoms with E-state index < -0.39 is 0 Å². The molecule has 0 aliphatic rings. The molecule has 0 saturated carbocycles. The van der Waals surface area contributed by atoms with Crippen molar-refractivity contribution in [3.63, 3.8) is 0 Å². The van der Waals surface area contributed by atoms with Crippen LogP contribution in [0.3, 0.4) is 0 Å². The number of hydrogen-bond acceptors (Lipinski definition) is 3. The van der Waals surface area contributed by atoms with Crippen LogP contribution in [0, 0.1) is 0 Å². The van der Waals surface area contributed by atoms with Gasteiger partial charge in [0, 0.05) is 17.2 Å². The first-order valence-electron chi connectivity index (χ1n) is 5.37. The van der Waals surface area contributed by atoms with Crippen LogP contribution >= 0.6 is 11.3 Å². The van der Waals surface area contributed by atoms with Crippen molar-refractivity contribution in [3.8, 4) is 0 Å². The maximum absolute atomic E-state index is 11.8. The summed E-state index contributed by atoms with van der Waals surface area (Å²) >= 11 is 1.41.